The van der Waals surface area contributed by atoms with Crippen LogP contribution in [0.15, 0.2) is 48.5 Å². The number of hydrogen-bond donors (Lipinski definition) is 2. The Bertz CT molecular complexity index is 564. The van der Waals surface area contributed by atoms with Crippen molar-refractivity contribution in [3.8, 4) is 0 Å². The highest BCUT2D eigenvalue weighted by molar-refractivity contribution is 5.95. The Kier molecular flexibility index (Phi) is 4.18. The summed E-state index contributed by atoms with van der Waals surface area (Å²) < 4.78 is 0. The van der Waals surface area contributed by atoms with Gasteiger partial charge in [0.1, 0.15) is 0 Å². The summed E-state index contributed by atoms with van der Waals surface area (Å²) in [5.41, 5.74) is 9.15. The Balaban J connectivity index is 1.91. The maximum atomic E-state index is 12.0. The van der Waals surface area contributed by atoms with Crippen LogP contribution in [0.3, 0.4) is 0 Å². The number of aryl methyl sites for hydroxylation is 1. The molecular weight excluding hydrogens is 236 g/mol. The number of nitrogens with two attached hydrogens (primary N) is 1. The first kappa shape index (κ1) is 13.1. The normalized spacial score (nSPS) is 10.2. The van der Waals surface area contributed by atoms with Crippen LogP contribution >= 0.6 is 0 Å². The van der Waals surface area contributed by atoms with Gasteiger partial charge in [0, 0.05) is 17.8 Å². The number of carbonyl (C=O) groups excluding carboxylic acids is 1. The van der Waals surface area contributed by atoms with Crippen molar-refractivity contribution < 1.29 is 4.79 Å². The standard InChI is InChI=1S/C16H18N2O/c1-12-11-14(17)7-8-15(12)16(19)18-10-9-13-5-3-2-4-6-13/h2-8,11H,9-10,17H2,1H3,(H,18,19). The first-order valence-electron chi connectivity index (χ1n) is 6.35. The van der Waals surface area contributed by atoms with Crippen molar-refractivity contribution in [1.29, 1.82) is 0 Å². The number of nitrogens with one attached hydrogen (secondary N) is 1. The van der Waals surface area contributed by atoms with E-state index in [0.717, 1.165) is 12.0 Å². The topological polar surface area (TPSA) is 55.1 Å². The molecule has 3 N–H and O–H groups in total. The highest BCUT2D eigenvalue weighted by Gasteiger charge is 2.08. The van der Waals surface area contributed by atoms with Gasteiger partial charge in [-0.25, -0.2) is 0 Å². The van der Waals surface area contributed by atoms with Gasteiger partial charge in [0.15, 0.2) is 0 Å². The van der Waals surface area contributed by atoms with E-state index in [0.29, 0.717) is 17.8 Å². The van der Waals surface area contributed by atoms with Crippen LogP contribution in [-0.4, -0.2) is 12.5 Å². The average molecular weight is 254 g/mol. The molecule has 0 spiro atoms. The van der Waals surface area contributed by atoms with Gasteiger partial charge in [0.2, 0.25) is 0 Å². The summed E-state index contributed by atoms with van der Waals surface area (Å²) in [6.07, 6.45) is 0.834. The maximum absolute atomic E-state index is 12.0. The van der Waals surface area contributed by atoms with Gasteiger partial charge in [0.25, 0.3) is 5.91 Å². The van der Waals surface area contributed by atoms with E-state index in [2.05, 4.69) is 17.4 Å². The molecule has 0 heterocycles. The Morgan fingerprint density at radius 3 is 2.58 bits per heavy atom. The van der Waals surface area contributed by atoms with Crippen molar-refractivity contribution in [2.45, 2.75) is 13.3 Å². The van der Waals surface area contributed by atoms with E-state index in [1.54, 1.807) is 12.1 Å². The van der Waals surface area contributed by atoms with Crippen LogP contribution < -0.4 is 11.1 Å². The second-order valence-electron chi connectivity index (χ2n) is 4.57. The predicted molar refractivity (Wildman–Crippen MR) is 78.1 cm³/mol. The third-order valence-electron chi connectivity index (χ3n) is 3.04. The lowest BCUT2D eigenvalue weighted by atomic mass is 10.1. The molecule has 0 aromatic heterocycles. The SMILES string of the molecule is Cc1cc(N)ccc1C(=O)NCCc1ccccc1. The second-order valence-corrected chi connectivity index (χ2v) is 4.57. The molecule has 0 atom stereocenters. The Hall–Kier alpha value is -2.29. The first-order chi connectivity index (χ1) is 9.16. The number of carbonyl (C=O) groups is 1. The summed E-state index contributed by atoms with van der Waals surface area (Å²) in [6, 6.07) is 15.4. The molecule has 0 fully saturated rings. The van der Waals surface area contributed by atoms with Gasteiger partial charge in [-0.3, -0.25) is 4.79 Å². The Morgan fingerprint density at radius 1 is 1.16 bits per heavy atom. The molecule has 19 heavy (non-hydrogen) atoms. The van der Waals surface area contributed by atoms with Crippen molar-refractivity contribution in [2.75, 3.05) is 12.3 Å². The molecular formula is C16H18N2O. The van der Waals surface area contributed by atoms with Gasteiger partial charge in [-0.15, -0.1) is 0 Å². The quantitative estimate of drug-likeness (QED) is 0.824. The summed E-state index contributed by atoms with van der Waals surface area (Å²) in [5, 5.41) is 2.93. The minimum absolute atomic E-state index is 0.0477. The number of rotatable bonds is 4. The van der Waals surface area contributed by atoms with Gasteiger partial charge in [-0.2, -0.15) is 0 Å². The molecule has 0 aliphatic heterocycles. The van der Waals surface area contributed by atoms with Gasteiger partial charge in [-0.1, -0.05) is 30.3 Å². The smallest absolute Gasteiger partial charge is 0.251 e. The maximum Gasteiger partial charge on any atom is 0.251 e. The van der Waals surface area contributed by atoms with Gasteiger partial charge in [0.05, 0.1) is 0 Å². The number of hydrogen-bond acceptors (Lipinski definition) is 2. The predicted octanol–water partition coefficient (Wildman–Crippen LogP) is 2.55. The Labute approximate surface area is 113 Å². The number of nitrogen functional groups attached to an aromatic ring is 1. The second kappa shape index (κ2) is 6.05. The zero-order valence-electron chi connectivity index (χ0n) is 11.0. The molecule has 3 nitrogen and oxygen atoms in total. The lowest BCUT2D eigenvalue weighted by Crippen LogP contribution is -2.26. The molecule has 0 radical (unpaired) electrons. The molecule has 0 aliphatic rings. The molecule has 0 bridgehead atoms. The summed E-state index contributed by atoms with van der Waals surface area (Å²) >= 11 is 0. The molecule has 0 unspecified atom stereocenters. The lowest BCUT2D eigenvalue weighted by Gasteiger charge is -2.08. The van der Waals surface area contributed by atoms with E-state index in [9.17, 15) is 4.79 Å². The zero-order valence-corrected chi connectivity index (χ0v) is 11.0. The van der Waals surface area contributed by atoms with E-state index >= 15 is 0 Å². The molecule has 0 saturated heterocycles. The third-order valence-corrected chi connectivity index (χ3v) is 3.04. The minimum Gasteiger partial charge on any atom is -0.399 e. The van der Waals surface area contributed by atoms with Crippen LogP contribution in [0.1, 0.15) is 21.5 Å². The summed E-state index contributed by atoms with van der Waals surface area (Å²) in [6.45, 7) is 2.52. The summed E-state index contributed by atoms with van der Waals surface area (Å²) in [7, 11) is 0. The average Bonchev–Trinajstić information content (AvgIpc) is 2.39. The molecule has 98 valence electrons. The number of anilines is 1. The van der Waals surface area contributed by atoms with Crippen molar-refractivity contribution in [2.24, 2.45) is 0 Å². The van der Waals surface area contributed by atoms with Gasteiger partial charge < -0.3 is 11.1 Å². The molecule has 2 aromatic carbocycles. The van der Waals surface area contributed by atoms with E-state index in [1.165, 1.54) is 5.56 Å². The summed E-state index contributed by atoms with van der Waals surface area (Å²) in [5.74, 6) is -0.0477. The van der Waals surface area contributed by atoms with Crippen LogP contribution in [-0.2, 0) is 6.42 Å². The van der Waals surface area contributed by atoms with Crippen LogP contribution in [0.2, 0.25) is 0 Å². The van der Waals surface area contributed by atoms with Crippen LogP contribution in [0, 0.1) is 6.92 Å². The van der Waals surface area contributed by atoms with E-state index in [4.69, 9.17) is 5.73 Å². The first-order valence-corrected chi connectivity index (χ1v) is 6.35. The molecule has 2 rings (SSSR count). The van der Waals surface area contributed by atoms with Crippen molar-refractivity contribution in [1.82, 2.24) is 5.32 Å². The van der Waals surface area contributed by atoms with Crippen LogP contribution in [0.5, 0.6) is 0 Å². The highest BCUT2D eigenvalue weighted by Crippen LogP contribution is 2.12. The monoisotopic (exact) mass is 254 g/mol. The van der Waals surface area contributed by atoms with Crippen molar-refractivity contribution in [3.05, 3.63) is 65.2 Å². The van der Waals surface area contributed by atoms with Crippen molar-refractivity contribution >= 4 is 11.6 Å². The van der Waals surface area contributed by atoms with Gasteiger partial charge in [-0.05, 0) is 42.7 Å². The molecule has 0 aliphatic carbocycles. The molecule has 3 heteroatoms. The fourth-order valence-corrected chi connectivity index (χ4v) is 2.00. The minimum atomic E-state index is -0.0477. The molecule has 1 amide bonds. The van der Waals surface area contributed by atoms with Crippen molar-refractivity contribution in [3.63, 3.8) is 0 Å². The molecule has 0 saturated carbocycles. The van der Waals surface area contributed by atoms with E-state index in [-0.39, 0.29) is 5.91 Å². The summed E-state index contributed by atoms with van der Waals surface area (Å²) in [4.78, 5) is 12.0. The van der Waals surface area contributed by atoms with E-state index < -0.39 is 0 Å². The van der Waals surface area contributed by atoms with E-state index in [1.807, 2.05) is 31.2 Å². The lowest BCUT2D eigenvalue weighted by molar-refractivity contribution is 0.0953. The zero-order chi connectivity index (χ0) is 13.7. The van der Waals surface area contributed by atoms with Crippen LogP contribution in [0.25, 0.3) is 0 Å². The Morgan fingerprint density at radius 2 is 1.89 bits per heavy atom. The fraction of sp³-hybridized carbons (Fsp3) is 0.188. The number of benzene rings is 2. The van der Waals surface area contributed by atoms with Crippen LogP contribution in [0.4, 0.5) is 5.69 Å². The largest absolute Gasteiger partial charge is 0.399 e. The third kappa shape index (κ3) is 3.58. The fourth-order valence-electron chi connectivity index (χ4n) is 2.00. The number of amides is 1. The molecule has 2 aromatic rings. The highest BCUT2D eigenvalue weighted by atomic mass is 16.1. The van der Waals surface area contributed by atoms with Gasteiger partial charge >= 0.3 is 0 Å².